The number of hydrogen-bond acceptors (Lipinski definition) is 5. The van der Waals surface area contributed by atoms with E-state index in [1.807, 2.05) is 55.5 Å². The summed E-state index contributed by atoms with van der Waals surface area (Å²) in [5.41, 5.74) is 9.73. The average molecular weight is 437 g/mol. The van der Waals surface area contributed by atoms with Crippen LogP contribution >= 0.6 is 15.9 Å². The molecule has 0 aliphatic carbocycles. The topological polar surface area (TPSA) is 86.1 Å². The lowest BCUT2D eigenvalue weighted by molar-refractivity contribution is 0.364. The summed E-state index contributed by atoms with van der Waals surface area (Å²) in [5, 5.41) is 14.5. The SMILES string of the molecule is COc1ccccc1C1C(C#N)=C(N)Oc2c1c(C)nn2-c1ccc(Br)cc1. The fourth-order valence-electron chi connectivity index (χ4n) is 3.49. The van der Waals surface area contributed by atoms with Crippen molar-refractivity contribution in [2.75, 3.05) is 7.11 Å². The number of aryl methyl sites for hydroxylation is 1. The molecule has 6 nitrogen and oxygen atoms in total. The third-order valence-electron chi connectivity index (χ3n) is 4.75. The molecule has 2 heterocycles. The predicted octanol–water partition coefficient (Wildman–Crippen LogP) is 4.17. The molecule has 0 amide bonds. The van der Waals surface area contributed by atoms with Crippen molar-refractivity contribution >= 4 is 15.9 Å². The first kappa shape index (κ1) is 18.1. The molecule has 0 bridgehead atoms. The van der Waals surface area contributed by atoms with Gasteiger partial charge in [0.15, 0.2) is 0 Å². The molecular weight excluding hydrogens is 420 g/mol. The molecule has 0 radical (unpaired) electrons. The van der Waals surface area contributed by atoms with Crippen LogP contribution in [0.4, 0.5) is 0 Å². The highest BCUT2D eigenvalue weighted by Gasteiger charge is 2.37. The van der Waals surface area contributed by atoms with Gasteiger partial charge in [0.05, 0.1) is 30.0 Å². The van der Waals surface area contributed by atoms with Gasteiger partial charge >= 0.3 is 0 Å². The Kier molecular flexibility index (Phi) is 4.57. The molecule has 4 rings (SSSR count). The molecule has 28 heavy (non-hydrogen) atoms. The van der Waals surface area contributed by atoms with E-state index in [2.05, 4.69) is 27.1 Å². The van der Waals surface area contributed by atoms with Gasteiger partial charge in [-0.3, -0.25) is 0 Å². The average Bonchev–Trinajstić information content (AvgIpc) is 3.03. The number of methoxy groups -OCH3 is 1. The number of fused-ring (bicyclic) bond motifs is 1. The second-order valence-corrected chi connectivity index (χ2v) is 7.27. The van der Waals surface area contributed by atoms with E-state index < -0.39 is 5.92 Å². The lowest BCUT2D eigenvalue weighted by Gasteiger charge is -2.26. The molecule has 1 aliphatic heterocycles. The highest BCUT2D eigenvalue weighted by atomic mass is 79.9. The monoisotopic (exact) mass is 436 g/mol. The number of nitriles is 1. The van der Waals surface area contributed by atoms with Crippen LogP contribution < -0.4 is 15.2 Å². The van der Waals surface area contributed by atoms with Crippen molar-refractivity contribution in [3.05, 3.63) is 81.3 Å². The van der Waals surface area contributed by atoms with Gasteiger partial charge in [0, 0.05) is 10.0 Å². The molecule has 1 aliphatic rings. The van der Waals surface area contributed by atoms with Crippen LogP contribution in [0, 0.1) is 18.3 Å². The molecule has 0 saturated carbocycles. The fraction of sp³-hybridized carbons (Fsp3) is 0.143. The number of nitrogens with two attached hydrogens (primary N) is 1. The number of aromatic nitrogens is 2. The minimum Gasteiger partial charge on any atom is -0.496 e. The Bertz CT molecular complexity index is 1130. The predicted molar refractivity (Wildman–Crippen MR) is 108 cm³/mol. The first-order valence-electron chi connectivity index (χ1n) is 8.61. The van der Waals surface area contributed by atoms with Crippen molar-refractivity contribution in [3.63, 3.8) is 0 Å². The molecular formula is C21H17BrN4O2. The van der Waals surface area contributed by atoms with Crippen molar-refractivity contribution in [1.29, 1.82) is 5.26 Å². The van der Waals surface area contributed by atoms with E-state index in [1.54, 1.807) is 11.8 Å². The normalized spacial score (nSPS) is 15.6. The molecule has 7 heteroatoms. The van der Waals surface area contributed by atoms with Gasteiger partial charge in [-0.2, -0.15) is 10.4 Å². The summed E-state index contributed by atoms with van der Waals surface area (Å²) in [7, 11) is 1.61. The molecule has 1 atom stereocenters. The van der Waals surface area contributed by atoms with Gasteiger partial charge in [-0.1, -0.05) is 34.1 Å². The van der Waals surface area contributed by atoms with E-state index in [1.165, 1.54) is 0 Å². The second-order valence-electron chi connectivity index (χ2n) is 6.36. The Morgan fingerprint density at radius 2 is 1.93 bits per heavy atom. The molecule has 0 fully saturated rings. The zero-order chi connectivity index (χ0) is 19.8. The summed E-state index contributed by atoms with van der Waals surface area (Å²) in [6.07, 6.45) is 0. The Morgan fingerprint density at radius 3 is 2.61 bits per heavy atom. The lowest BCUT2D eigenvalue weighted by Crippen LogP contribution is -2.22. The smallest absolute Gasteiger partial charge is 0.229 e. The molecule has 0 saturated heterocycles. The largest absolute Gasteiger partial charge is 0.496 e. The zero-order valence-electron chi connectivity index (χ0n) is 15.3. The molecule has 1 unspecified atom stereocenters. The molecule has 140 valence electrons. The van der Waals surface area contributed by atoms with E-state index in [9.17, 15) is 5.26 Å². The second kappa shape index (κ2) is 7.06. The van der Waals surface area contributed by atoms with Crippen LogP contribution in [0.15, 0.2) is 64.5 Å². The molecule has 0 spiro atoms. The van der Waals surface area contributed by atoms with E-state index in [-0.39, 0.29) is 5.88 Å². The minimum atomic E-state index is -0.422. The van der Waals surface area contributed by atoms with Gasteiger partial charge in [0.25, 0.3) is 0 Å². The Labute approximate surface area is 170 Å². The van der Waals surface area contributed by atoms with E-state index >= 15 is 0 Å². The number of rotatable bonds is 3. The quantitative estimate of drug-likeness (QED) is 0.665. The summed E-state index contributed by atoms with van der Waals surface area (Å²) >= 11 is 3.44. The molecule has 3 aromatic rings. The molecule has 2 N–H and O–H groups in total. The molecule has 1 aromatic heterocycles. The number of nitrogens with zero attached hydrogens (tertiary/aromatic N) is 3. The number of allylic oxidation sites excluding steroid dienone is 1. The summed E-state index contributed by atoms with van der Waals surface area (Å²) in [6, 6.07) is 17.5. The van der Waals surface area contributed by atoms with Crippen molar-refractivity contribution < 1.29 is 9.47 Å². The van der Waals surface area contributed by atoms with Crippen molar-refractivity contribution in [2.24, 2.45) is 5.73 Å². The summed E-state index contributed by atoms with van der Waals surface area (Å²) in [4.78, 5) is 0. The maximum absolute atomic E-state index is 9.79. The van der Waals surface area contributed by atoms with E-state index in [0.29, 0.717) is 17.2 Å². The van der Waals surface area contributed by atoms with Crippen LogP contribution in [0.5, 0.6) is 11.6 Å². The maximum Gasteiger partial charge on any atom is 0.229 e. The number of benzene rings is 2. The van der Waals surface area contributed by atoms with Crippen LogP contribution in [-0.2, 0) is 0 Å². The summed E-state index contributed by atoms with van der Waals surface area (Å²) < 4.78 is 14.1. The van der Waals surface area contributed by atoms with Crippen LogP contribution in [0.1, 0.15) is 22.7 Å². The summed E-state index contributed by atoms with van der Waals surface area (Å²) in [5.74, 6) is 0.835. The Balaban J connectivity index is 1.97. The zero-order valence-corrected chi connectivity index (χ0v) is 16.9. The highest BCUT2D eigenvalue weighted by Crippen LogP contribution is 2.46. The van der Waals surface area contributed by atoms with Gasteiger partial charge in [-0.05, 0) is 37.3 Å². The molecule has 2 aromatic carbocycles. The van der Waals surface area contributed by atoms with Gasteiger partial charge in [0.2, 0.25) is 11.8 Å². The summed E-state index contributed by atoms with van der Waals surface area (Å²) in [6.45, 7) is 1.90. The van der Waals surface area contributed by atoms with Crippen molar-refractivity contribution in [2.45, 2.75) is 12.8 Å². The van der Waals surface area contributed by atoms with E-state index in [4.69, 9.17) is 15.2 Å². The third-order valence-corrected chi connectivity index (χ3v) is 5.28. The number of halogens is 1. The van der Waals surface area contributed by atoms with Crippen LogP contribution in [0.2, 0.25) is 0 Å². The minimum absolute atomic E-state index is 0.0733. The van der Waals surface area contributed by atoms with Gasteiger partial charge in [-0.25, -0.2) is 4.68 Å². The van der Waals surface area contributed by atoms with Crippen LogP contribution in [0.25, 0.3) is 5.69 Å². The highest BCUT2D eigenvalue weighted by molar-refractivity contribution is 9.10. The number of hydrogen-bond donors (Lipinski definition) is 1. The van der Waals surface area contributed by atoms with Crippen LogP contribution in [-0.4, -0.2) is 16.9 Å². The van der Waals surface area contributed by atoms with Gasteiger partial charge < -0.3 is 15.2 Å². The Hall–Kier alpha value is -3.24. The Morgan fingerprint density at radius 1 is 1.21 bits per heavy atom. The number of para-hydroxylation sites is 1. The van der Waals surface area contributed by atoms with Gasteiger partial charge in [-0.15, -0.1) is 0 Å². The van der Waals surface area contributed by atoms with Crippen molar-refractivity contribution in [3.8, 4) is 23.4 Å². The number of ether oxygens (including phenoxy) is 2. The maximum atomic E-state index is 9.79. The first-order valence-corrected chi connectivity index (χ1v) is 9.40. The van der Waals surface area contributed by atoms with Crippen molar-refractivity contribution in [1.82, 2.24) is 9.78 Å². The van der Waals surface area contributed by atoms with E-state index in [0.717, 1.165) is 27.0 Å². The van der Waals surface area contributed by atoms with Gasteiger partial charge in [0.1, 0.15) is 17.4 Å². The third kappa shape index (κ3) is 2.83. The first-order chi connectivity index (χ1) is 13.5. The van der Waals surface area contributed by atoms with Crippen LogP contribution in [0.3, 0.4) is 0 Å². The lowest BCUT2D eigenvalue weighted by atomic mass is 9.83. The standard InChI is InChI=1S/C21H17BrN4O2/c1-12-18-19(15-5-3-4-6-17(15)27-2)16(11-23)20(24)28-21(18)26(25-12)14-9-7-13(22)8-10-14/h3-10,19H,24H2,1-2H3. The fourth-order valence-corrected chi connectivity index (χ4v) is 3.75.